The molecule has 1 aromatic rings. The first-order chi connectivity index (χ1) is 8.63. The molecule has 1 aliphatic heterocycles. The van der Waals surface area contributed by atoms with Crippen molar-refractivity contribution in [3.63, 3.8) is 0 Å². The Morgan fingerprint density at radius 1 is 1.56 bits per heavy atom. The fourth-order valence-corrected chi connectivity index (χ4v) is 3.48. The van der Waals surface area contributed by atoms with Crippen molar-refractivity contribution in [3.8, 4) is 0 Å². The second-order valence-electron chi connectivity index (χ2n) is 4.23. The molecule has 1 aliphatic rings. The minimum Gasteiger partial charge on any atom is -0.383 e. The van der Waals surface area contributed by atoms with Crippen LogP contribution < -0.4 is 5.73 Å². The molecule has 5 nitrogen and oxygen atoms in total. The van der Waals surface area contributed by atoms with Crippen molar-refractivity contribution in [2.45, 2.75) is 12.6 Å². The third-order valence-electron chi connectivity index (χ3n) is 2.94. The zero-order valence-electron chi connectivity index (χ0n) is 10.5. The van der Waals surface area contributed by atoms with Crippen LogP contribution in [0.2, 0.25) is 0 Å². The molecule has 0 aliphatic carbocycles. The van der Waals surface area contributed by atoms with E-state index in [4.69, 9.17) is 10.5 Å². The number of anilines is 1. The Morgan fingerprint density at radius 3 is 3.00 bits per heavy atom. The van der Waals surface area contributed by atoms with E-state index < -0.39 is 0 Å². The summed E-state index contributed by atoms with van der Waals surface area (Å²) in [6.07, 6.45) is 0. The van der Waals surface area contributed by atoms with Gasteiger partial charge in [-0.25, -0.2) is 9.97 Å². The molecule has 1 unspecified atom stereocenters. The van der Waals surface area contributed by atoms with Gasteiger partial charge in [0.1, 0.15) is 11.6 Å². The molecule has 0 aromatic carbocycles. The van der Waals surface area contributed by atoms with Crippen molar-refractivity contribution in [1.82, 2.24) is 14.9 Å². The van der Waals surface area contributed by atoms with E-state index in [9.17, 15) is 0 Å². The molecule has 2 heterocycles. The van der Waals surface area contributed by atoms with E-state index in [1.165, 1.54) is 0 Å². The van der Waals surface area contributed by atoms with E-state index in [0.29, 0.717) is 12.4 Å². The van der Waals surface area contributed by atoms with Gasteiger partial charge in [0.25, 0.3) is 0 Å². The Hall–Kier alpha value is -0.120. The van der Waals surface area contributed by atoms with Crippen molar-refractivity contribution < 1.29 is 4.74 Å². The maximum absolute atomic E-state index is 5.96. The lowest BCUT2D eigenvalue weighted by molar-refractivity contribution is 0.179. The van der Waals surface area contributed by atoms with Gasteiger partial charge in [0.15, 0.2) is 0 Å². The van der Waals surface area contributed by atoms with Crippen molar-refractivity contribution in [1.29, 1.82) is 0 Å². The van der Waals surface area contributed by atoms with Crippen LogP contribution in [0.5, 0.6) is 0 Å². The predicted molar refractivity (Wildman–Crippen MR) is 82.6 cm³/mol. The highest BCUT2D eigenvalue weighted by molar-refractivity contribution is 14.1. The van der Waals surface area contributed by atoms with Gasteiger partial charge < -0.3 is 10.5 Å². The van der Waals surface area contributed by atoms with Crippen molar-refractivity contribution in [3.05, 3.63) is 15.1 Å². The first kappa shape index (κ1) is 14.3. The van der Waals surface area contributed by atoms with Crippen molar-refractivity contribution >= 4 is 40.2 Å². The first-order valence-electron chi connectivity index (χ1n) is 5.72. The van der Waals surface area contributed by atoms with Gasteiger partial charge in [-0.05, 0) is 29.6 Å². The van der Waals surface area contributed by atoms with Crippen LogP contribution in [0, 0.1) is 3.57 Å². The molecule has 18 heavy (non-hydrogen) atoms. The summed E-state index contributed by atoms with van der Waals surface area (Å²) < 4.78 is 6.06. The van der Waals surface area contributed by atoms with Gasteiger partial charge in [0.05, 0.1) is 21.9 Å². The third kappa shape index (κ3) is 3.06. The molecule has 1 saturated heterocycles. The van der Waals surface area contributed by atoms with Crippen LogP contribution in [0.4, 0.5) is 5.82 Å². The second kappa shape index (κ2) is 6.36. The zero-order chi connectivity index (χ0) is 13.1. The number of hydrogen-bond donors (Lipinski definition) is 1. The number of ether oxygens (including phenoxy) is 1. The summed E-state index contributed by atoms with van der Waals surface area (Å²) in [5.74, 6) is 3.55. The second-order valence-corrected chi connectivity index (χ2v) is 6.46. The van der Waals surface area contributed by atoms with Crippen LogP contribution in [0.3, 0.4) is 0 Å². The molecule has 0 amide bonds. The number of methoxy groups -OCH3 is 1. The number of nitrogens with two attached hydrogens (primary N) is 1. The number of thioether (sulfide) groups is 1. The van der Waals surface area contributed by atoms with E-state index in [1.54, 1.807) is 7.11 Å². The zero-order valence-corrected chi connectivity index (χ0v) is 13.5. The predicted octanol–water partition coefficient (Wildman–Crippen LogP) is 1.53. The van der Waals surface area contributed by atoms with E-state index in [-0.39, 0.29) is 6.04 Å². The number of halogens is 1. The molecule has 0 radical (unpaired) electrons. The van der Waals surface area contributed by atoms with Crippen LogP contribution in [0.15, 0.2) is 0 Å². The summed E-state index contributed by atoms with van der Waals surface area (Å²) in [5, 5.41) is 0. The fraction of sp³-hybridized carbons (Fsp3) is 0.636. The molecular formula is C11H17IN4OS. The number of nitrogen functional groups attached to an aromatic ring is 1. The molecular weight excluding hydrogens is 363 g/mol. The summed E-state index contributed by atoms with van der Waals surface area (Å²) in [6.45, 7) is 1.53. The van der Waals surface area contributed by atoms with Gasteiger partial charge in [-0.15, -0.1) is 0 Å². The van der Waals surface area contributed by atoms with Crippen LogP contribution in [0.1, 0.15) is 17.6 Å². The molecule has 100 valence electrons. The Morgan fingerprint density at radius 2 is 2.33 bits per heavy atom. The molecule has 1 fully saturated rings. The number of hydrogen-bond acceptors (Lipinski definition) is 6. The maximum Gasteiger partial charge on any atom is 0.149 e. The average molecular weight is 380 g/mol. The summed E-state index contributed by atoms with van der Waals surface area (Å²) >= 11 is 4.11. The highest BCUT2D eigenvalue weighted by Gasteiger charge is 2.25. The lowest BCUT2D eigenvalue weighted by Crippen LogP contribution is -2.34. The third-order valence-corrected chi connectivity index (χ3v) is 5.14. The fourth-order valence-electron chi connectivity index (χ4n) is 1.87. The lowest BCUT2D eigenvalue weighted by Gasteiger charge is -2.31. The molecule has 1 aromatic heterocycles. The monoisotopic (exact) mass is 380 g/mol. The smallest absolute Gasteiger partial charge is 0.149 e. The van der Waals surface area contributed by atoms with E-state index >= 15 is 0 Å². The highest BCUT2D eigenvalue weighted by atomic mass is 127. The summed E-state index contributed by atoms with van der Waals surface area (Å²) in [4.78, 5) is 11.3. The molecule has 7 heteroatoms. The maximum atomic E-state index is 5.96. The van der Waals surface area contributed by atoms with Crippen LogP contribution in [-0.4, -0.2) is 47.1 Å². The van der Waals surface area contributed by atoms with Gasteiger partial charge in [0.2, 0.25) is 0 Å². The Bertz CT molecular complexity index is 432. The molecule has 2 rings (SSSR count). The summed E-state index contributed by atoms with van der Waals surface area (Å²) in [7, 11) is 3.77. The Balaban J connectivity index is 2.32. The number of aromatic nitrogens is 2. The van der Waals surface area contributed by atoms with Crippen molar-refractivity contribution in [2.75, 3.05) is 37.9 Å². The first-order valence-corrected chi connectivity index (χ1v) is 7.95. The van der Waals surface area contributed by atoms with Crippen LogP contribution in [0.25, 0.3) is 0 Å². The summed E-state index contributed by atoms with van der Waals surface area (Å²) in [5.41, 5.74) is 6.84. The molecule has 2 N–H and O–H groups in total. The minimum atomic E-state index is 0.249. The van der Waals surface area contributed by atoms with E-state index in [1.807, 2.05) is 11.8 Å². The number of nitrogens with zero attached hydrogens (tertiary/aromatic N) is 3. The van der Waals surface area contributed by atoms with Crippen molar-refractivity contribution in [2.24, 2.45) is 0 Å². The summed E-state index contributed by atoms with van der Waals surface area (Å²) in [6, 6.07) is 0.249. The van der Waals surface area contributed by atoms with Gasteiger partial charge >= 0.3 is 0 Å². The van der Waals surface area contributed by atoms with Crippen LogP contribution >= 0.6 is 34.4 Å². The van der Waals surface area contributed by atoms with Gasteiger partial charge in [-0.2, -0.15) is 11.8 Å². The Kier molecular flexibility index (Phi) is 5.05. The van der Waals surface area contributed by atoms with E-state index in [0.717, 1.165) is 33.1 Å². The quantitative estimate of drug-likeness (QED) is 0.803. The van der Waals surface area contributed by atoms with Crippen LogP contribution in [-0.2, 0) is 11.3 Å². The standard InChI is InChI=1S/C11H17IN4OS/c1-16-3-4-18-6-8(16)11-14-7(5-17-2)9(12)10(13)15-11/h8H,3-6H2,1-2H3,(H2,13,14,15). The van der Waals surface area contributed by atoms with E-state index in [2.05, 4.69) is 44.5 Å². The van der Waals surface area contributed by atoms with Gasteiger partial charge in [0, 0.05) is 25.2 Å². The molecule has 0 bridgehead atoms. The SMILES string of the molecule is COCc1nc(C2CSCCN2C)nc(N)c1I. The molecule has 1 atom stereocenters. The molecule has 0 saturated carbocycles. The lowest BCUT2D eigenvalue weighted by atomic mass is 10.2. The minimum absolute atomic E-state index is 0.249. The van der Waals surface area contributed by atoms with Gasteiger partial charge in [-0.3, -0.25) is 4.90 Å². The highest BCUT2D eigenvalue weighted by Crippen LogP contribution is 2.28. The Labute approximate surface area is 125 Å². The van der Waals surface area contributed by atoms with Gasteiger partial charge in [-0.1, -0.05) is 0 Å². The largest absolute Gasteiger partial charge is 0.383 e. The topological polar surface area (TPSA) is 64.3 Å². The molecule has 0 spiro atoms. The average Bonchev–Trinajstić information content (AvgIpc) is 2.35. The number of rotatable bonds is 3. The normalized spacial score (nSPS) is 21.2.